The summed E-state index contributed by atoms with van der Waals surface area (Å²) in [6, 6.07) is 9.63. The molecule has 104 valence electrons. The summed E-state index contributed by atoms with van der Waals surface area (Å²) in [6.45, 7) is 7.02. The SMILES string of the molecule is C=CC[n+]1cccc2cccc(OC(=O)NCCC)c21. The lowest BCUT2D eigenvalue weighted by atomic mass is 10.2. The molecule has 0 radical (unpaired) electrons. The molecule has 0 unspecified atom stereocenters. The van der Waals surface area contributed by atoms with Crippen LogP contribution in [0.5, 0.6) is 5.75 Å². The first-order valence-electron chi connectivity index (χ1n) is 6.74. The summed E-state index contributed by atoms with van der Waals surface area (Å²) in [5.74, 6) is 0.554. The molecule has 0 aliphatic heterocycles. The number of pyridine rings is 1. The second-order valence-corrected chi connectivity index (χ2v) is 4.46. The molecule has 1 N–H and O–H groups in total. The van der Waals surface area contributed by atoms with Crippen LogP contribution in [0, 0.1) is 0 Å². The highest BCUT2D eigenvalue weighted by atomic mass is 16.6. The molecule has 0 atom stereocenters. The van der Waals surface area contributed by atoms with Gasteiger partial charge in [0.1, 0.15) is 0 Å². The maximum absolute atomic E-state index is 11.7. The van der Waals surface area contributed by atoms with Gasteiger partial charge in [0, 0.05) is 12.6 Å². The number of amides is 1. The Bertz CT molecular complexity index is 618. The molecular formula is C16H19N2O2+. The highest BCUT2D eigenvalue weighted by Crippen LogP contribution is 2.22. The molecule has 20 heavy (non-hydrogen) atoms. The summed E-state index contributed by atoms with van der Waals surface area (Å²) in [6.07, 6.45) is 4.21. The van der Waals surface area contributed by atoms with Crippen molar-refractivity contribution in [1.82, 2.24) is 5.32 Å². The molecule has 0 bridgehead atoms. The zero-order valence-corrected chi connectivity index (χ0v) is 11.6. The molecule has 0 spiro atoms. The van der Waals surface area contributed by atoms with Crippen LogP contribution < -0.4 is 14.6 Å². The number of rotatable bonds is 5. The third-order valence-electron chi connectivity index (χ3n) is 2.91. The third-order valence-corrected chi connectivity index (χ3v) is 2.91. The van der Waals surface area contributed by atoms with Crippen molar-refractivity contribution in [3.8, 4) is 5.75 Å². The Hall–Kier alpha value is -2.36. The summed E-state index contributed by atoms with van der Waals surface area (Å²) in [5, 5.41) is 3.73. The van der Waals surface area contributed by atoms with Gasteiger partial charge in [0.25, 0.3) is 5.52 Å². The van der Waals surface area contributed by atoms with Gasteiger partial charge >= 0.3 is 6.09 Å². The van der Waals surface area contributed by atoms with Crippen molar-refractivity contribution in [1.29, 1.82) is 0 Å². The number of hydrogen-bond acceptors (Lipinski definition) is 2. The van der Waals surface area contributed by atoms with Gasteiger partial charge in [-0.15, -0.1) is 0 Å². The van der Waals surface area contributed by atoms with Crippen molar-refractivity contribution in [2.24, 2.45) is 0 Å². The molecule has 0 fully saturated rings. The van der Waals surface area contributed by atoms with E-state index in [1.165, 1.54) is 0 Å². The number of carbonyl (C=O) groups excluding carboxylic acids is 1. The third kappa shape index (κ3) is 3.15. The Labute approximate surface area is 118 Å². The normalized spacial score (nSPS) is 10.2. The Morgan fingerprint density at radius 3 is 2.95 bits per heavy atom. The molecule has 1 aromatic carbocycles. The van der Waals surface area contributed by atoms with E-state index in [4.69, 9.17) is 4.74 Å². The van der Waals surface area contributed by atoms with Gasteiger partial charge in [-0.3, -0.25) is 0 Å². The topological polar surface area (TPSA) is 42.2 Å². The van der Waals surface area contributed by atoms with Gasteiger partial charge in [-0.1, -0.05) is 19.6 Å². The highest BCUT2D eigenvalue weighted by Gasteiger charge is 2.16. The lowest BCUT2D eigenvalue weighted by Gasteiger charge is -2.07. The Morgan fingerprint density at radius 1 is 1.40 bits per heavy atom. The fourth-order valence-electron chi connectivity index (χ4n) is 2.04. The number of aromatic nitrogens is 1. The summed E-state index contributed by atoms with van der Waals surface area (Å²) < 4.78 is 7.42. The van der Waals surface area contributed by atoms with E-state index in [1.54, 1.807) is 6.07 Å². The Morgan fingerprint density at radius 2 is 2.20 bits per heavy atom. The smallest absolute Gasteiger partial charge is 0.403 e. The first-order valence-corrected chi connectivity index (χ1v) is 6.74. The number of hydrogen-bond donors (Lipinski definition) is 1. The average Bonchev–Trinajstić information content (AvgIpc) is 2.46. The van der Waals surface area contributed by atoms with Crippen LogP contribution in [0.25, 0.3) is 10.9 Å². The fourth-order valence-corrected chi connectivity index (χ4v) is 2.04. The van der Waals surface area contributed by atoms with E-state index in [1.807, 2.05) is 48.0 Å². The zero-order valence-electron chi connectivity index (χ0n) is 11.6. The molecule has 1 aromatic heterocycles. The van der Waals surface area contributed by atoms with Crippen LogP contribution in [0.2, 0.25) is 0 Å². The van der Waals surface area contributed by atoms with E-state index in [0.29, 0.717) is 18.8 Å². The van der Waals surface area contributed by atoms with Gasteiger partial charge in [-0.25, -0.2) is 4.79 Å². The second-order valence-electron chi connectivity index (χ2n) is 4.46. The average molecular weight is 271 g/mol. The van der Waals surface area contributed by atoms with E-state index < -0.39 is 6.09 Å². The number of benzene rings is 1. The largest absolute Gasteiger partial charge is 0.412 e. The first-order chi connectivity index (χ1) is 9.76. The number of nitrogens with one attached hydrogen (secondary N) is 1. The van der Waals surface area contributed by atoms with Gasteiger partial charge in [0.05, 0.1) is 5.39 Å². The van der Waals surface area contributed by atoms with Crippen LogP contribution in [-0.4, -0.2) is 12.6 Å². The number of ether oxygens (including phenoxy) is 1. The van der Waals surface area contributed by atoms with Crippen molar-refractivity contribution in [2.45, 2.75) is 19.9 Å². The summed E-state index contributed by atoms with van der Waals surface area (Å²) in [7, 11) is 0. The molecule has 4 heteroatoms. The van der Waals surface area contributed by atoms with Crippen LogP contribution in [-0.2, 0) is 6.54 Å². The Balaban J connectivity index is 2.37. The number of allylic oxidation sites excluding steroid dienone is 1. The number of carbonyl (C=O) groups is 1. The van der Waals surface area contributed by atoms with Crippen LogP contribution >= 0.6 is 0 Å². The Kier molecular flexibility index (Phi) is 4.71. The van der Waals surface area contributed by atoms with Gasteiger partial charge in [0.2, 0.25) is 5.75 Å². The van der Waals surface area contributed by atoms with Crippen LogP contribution in [0.15, 0.2) is 49.2 Å². The van der Waals surface area contributed by atoms with E-state index in [0.717, 1.165) is 17.3 Å². The minimum Gasteiger partial charge on any atom is -0.403 e. The second kappa shape index (κ2) is 6.70. The maximum Gasteiger partial charge on any atom is 0.412 e. The van der Waals surface area contributed by atoms with E-state index in [2.05, 4.69) is 11.9 Å². The number of nitrogens with zero attached hydrogens (tertiary/aromatic N) is 1. The van der Waals surface area contributed by atoms with Crippen LogP contribution in [0.4, 0.5) is 4.79 Å². The lowest BCUT2D eigenvalue weighted by Crippen LogP contribution is -2.34. The fraction of sp³-hybridized carbons (Fsp3) is 0.250. The minimum absolute atomic E-state index is 0.423. The highest BCUT2D eigenvalue weighted by molar-refractivity contribution is 5.84. The van der Waals surface area contributed by atoms with E-state index in [9.17, 15) is 4.79 Å². The summed E-state index contributed by atoms with van der Waals surface area (Å²) in [4.78, 5) is 11.7. The standard InChI is InChI=1S/C16H18N2O2/c1-3-10-17-16(19)20-14-9-5-7-13-8-6-12-18(11-4-2)15(13)14/h4-9,12H,2-3,10-11H2,1H3/p+1. The number of fused-ring (bicyclic) bond motifs is 1. The monoisotopic (exact) mass is 271 g/mol. The van der Waals surface area contributed by atoms with Crippen molar-refractivity contribution in [2.75, 3.05) is 6.54 Å². The quantitative estimate of drug-likeness (QED) is 0.671. The van der Waals surface area contributed by atoms with Crippen molar-refractivity contribution < 1.29 is 14.1 Å². The molecule has 1 heterocycles. The summed E-state index contributed by atoms with van der Waals surface area (Å²) >= 11 is 0. The van der Waals surface area contributed by atoms with Crippen molar-refractivity contribution >= 4 is 17.0 Å². The van der Waals surface area contributed by atoms with Crippen LogP contribution in [0.1, 0.15) is 13.3 Å². The zero-order chi connectivity index (χ0) is 14.4. The predicted molar refractivity (Wildman–Crippen MR) is 78.7 cm³/mol. The molecule has 1 amide bonds. The molecule has 4 nitrogen and oxygen atoms in total. The number of para-hydroxylation sites is 1. The van der Waals surface area contributed by atoms with Gasteiger partial charge in [0.15, 0.2) is 12.7 Å². The van der Waals surface area contributed by atoms with E-state index in [-0.39, 0.29) is 0 Å². The molecule has 2 aromatic rings. The van der Waals surface area contributed by atoms with Crippen molar-refractivity contribution in [3.05, 3.63) is 49.2 Å². The van der Waals surface area contributed by atoms with Gasteiger partial charge < -0.3 is 10.1 Å². The molecule has 0 aliphatic rings. The van der Waals surface area contributed by atoms with E-state index >= 15 is 0 Å². The summed E-state index contributed by atoms with van der Waals surface area (Å²) in [5.41, 5.74) is 0.890. The predicted octanol–water partition coefficient (Wildman–Crippen LogP) is 2.81. The van der Waals surface area contributed by atoms with Gasteiger partial charge in [-0.2, -0.15) is 4.57 Å². The van der Waals surface area contributed by atoms with Gasteiger partial charge in [-0.05, 0) is 30.7 Å². The first kappa shape index (κ1) is 14.1. The molecule has 0 saturated heterocycles. The van der Waals surface area contributed by atoms with Crippen molar-refractivity contribution in [3.63, 3.8) is 0 Å². The molecule has 2 rings (SSSR count). The molecular weight excluding hydrogens is 252 g/mol. The maximum atomic E-state index is 11.7. The molecule has 0 saturated carbocycles. The lowest BCUT2D eigenvalue weighted by molar-refractivity contribution is -0.661. The molecule has 0 aliphatic carbocycles. The minimum atomic E-state index is -0.423. The van der Waals surface area contributed by atoms with Crippen LogP contribution in [0.3, 0.4) is 0 Å².